The third-order valence-electron chi connectivity index (χ3n) is 2.10. The normalized spacial score (nSPS) is 11.0. The lowest BCUT2D eigenvalue weighted by Gasteiger charge is -2.03. The molecule has 7 heteroatoms. The van der Waals surface area contributed by atoms with Gasteiger partial charge in [-0.2, -0.15) is 4.98 Å². The molecule has 0 bridgehead atoms. The second kappa shape index (κ2) is 3.41. The maximum absolute atomic E-state index is 11.5. The second-order valence-corrected chi connectivity index (χ2v) is 3.25. The highest BCUT2D eigenvalue weighted by Crippen LogP contribution is 2.04. The third kappa shape index (κ3) is 1.49. The van der Waals surface area contributed by atoms with Gasteiger partial charge in [0, 0.05) is 6.54 Å². The first-order valence-electron chi connectivity index (χ1n) is 4.65. The summed E-state index contributed by atoms with van der Waals surface area (Å²) in [6.07, 6.45) is 0.879. The van der Waals surface area contributed by atoms with E-state index in [0.717, 1.165) is 6.42 Å². The van der Waals surface area contributed by atoms with Crippen molar-refractivity contribution in [1.29, 1.82) is 0 Å². The molecule has 0 aliphatic heterocycles. The van der Waals surface area contributed by atoms with Crippen molar-refractivity contribution in [2.24, 2.45) is 0 Å². The summed E-state index contributed by atoms with van der Waals surface area (Å²) in [5.74, 6) is 0.0738. The van der Waals surface area contributed by atoms with Gasteiger partial charge in [0.25, 0.3) is 5.56 Å². The Bertz CT molecular complexity index is 558. The largest absolute Gasteiger partial charge is 0.369 e. The molecule has 0 atom stereocenters. The van der Waals surface area contributed by atoms with Gasteiger partial charge in [0.15, 0.2) is 19.0 Å². The molecule has 0 saturated heterocycles. The smallest absolute Gasteiger partial charge is 0.280 e. The Balaban J connectivity index is 2.80. The summed E-state index contributed by atoms with van der Waals surface area (Å²) in [5.41, 5.74) is 6.05. The van der Waals surface area contributed by atoms with E-state index in [1.807, 2.05) is 6.92 Å². The zero-order valence-corrected chi connectivity index (χ0v) is 8.32. The van der Waals surface area contributed by atoms with Gasteiger partial charge in [-0.05, 0) is 6.42 Å². The fourth-order valence-corrected chi connectivity index (χ4v) is 1.49. The van der Waals surface area contributed by atoms with Crippen molar-refractivity contribution in [3.05, 3.63) is 10.4 Å². The number of aryl methyl sites for hydroxylation is 1. The predicted octanol–water partition coefficient (Wildman–Crippen LogP) is -1.09. The molecule has 0 saturated carbocycles. The van der Waals surface area contributed by atoms with Gasteiger partial charge in [0.2, 0.25) is 5.95 Å². The minimum absolute atomic E-state index is 0.0738. The van der Waals surface area contributed by atoms with E-state index in [4.69, 9.17) is 13.6 Å². The van der Waals surface area contributed by atoms with E-state index < -0.39 is 0 Å². The van der Waals surface area contributed by atoms with Crippen LogP contribution >= 0.6 is 0 Å². The molecule has 15 heavy (non-hydrogen) atoms. The standard InChI is InChI=1S/C8H10BN5O/c1-2-3-14-5-4(11-7(14)9)6(15)13-8(10)12-5/h2-3H2,1H3,(H3,10,12,13,15). The summed E-state index contributed by atoms with van der Waals surface area (Å²) in [4.78, 5) is 21.8. The van der Waals surface area contributed by atoms with Crippen LogP contribution < -0.4 is 17.0 Å². The second-order valence-electron chi connectivity index (χ2n) is 3.25. The molecule has 76 valence electrons. The number of hydrogen-bond acceptors (Lipinski definition) is 4. The van der Waals surface area contributed by atoms with Crippen molar-refractivity contribution in [2.45, 2.75) is 19.9 Å². The molecular formula is C8H10BN5O. The minimum atomic E-state index is -0.362. The number of aromatic nitrogens is 4. The van der Waals surface area contributed by atoms with Crippen molar-refractivity contribution in [1.82, 2.24) is 19.5 Å². The molecule has 0 unspecified atom stereocenters. The van der Waals surface area contributed by atoms with Crippen molar-refractivity contribution in [3.63, 3.8) is 0 Å². The Morgan fingerprint density at radius 3 is 2.93 bits per heavy atom. The number of nitrogens with one attached hydrogen (secondary N) is 1. The average Bonchev–Trinajstić information content (AvgIpc) is 2.46. The van der Waals surface area contributed by atoms with Crippen LogP contribution in [0.3, 0.4) is 0 Å². The van der Waals surface area contributed by atoms with Crippen LogP contribution in [0.4, 0.5) is 5.95 Å². The zero-order valence-electron chi connectivity index (χ0n) is 8.32. The van der Waals surface area contributed by atoms with Gasteiger partial charge in [-0.1, -0.05) is 6.92 Å². The Hall–Kier alpha value is -1.79. The van der Waals surface area contributed by atoms with Gasteiger partial charge in [-0.25, -0.2) is 4.98 Å². The summed E-state index contributed by atoms with van der Waals surface area (Å²) >= 11 is 0. The van der Waals surface area contributed by atoms with Crippen LogP contribution in [0.2, 0.25) is 0 Å². The number of rotatable bonds is 2. The summed E-state index contributed by atoms with van der Waals surface area (Å²) in [5, 5.41) is 0. The summed E-state index contributed by atoms with van der Waals surface area (Å²) < 4.78 is 1.68. The van der Waals surface area contributed by atoms with E-state index in [9.17, 15) is 4.79 Å². The van der Waals surface area contributed by atoms with Crippen LogP contribution in [-0.4, -0.2) is 27.4 Å². The zero-order chi connectivity index (χ0) is 11.0. The molecule has 0 aliphatic carbocycles. The molecule has 0 aromatic carbocycles. The molecule has 0 aliphatic rings. The van der Waals surface area contributed by atoms with Crippen molar-refractivity contribution >= 4 is 30.7 Å². The topological polar surface area (TPSA) is 89.6 Å². The molecule has 2 rings (SSSR count). The highest BCUT2D eigenvalue weighted by Gasteiger charge is 2.11. The predicted molar refractivity (Wildman–Crippen MR) is 58.2 cm³/mol. The van der Waals surface area contributed by atoms with E-state index in [0.29, 0.717) is 12.2 Å². The third-order valence-corrected chi connectivity index (χ3v) is 2.10. The van der Waals surface area contributed by atoms with E-state index in [1.54, 1.807) is 4.57 Å². The first-order chi connectivity index (χ1) is 7.13. The Kier molecular flexibility index (Phi) is 2.22. The number of hydrogen-bond donors (Lipinski definition) is 2. The fourth-order valence-electron chi connectivity index (χ4n) is 1.49. The van der Waals surface area contributed by atoms with Gasteiger partial charge in [-0.3, -0.25) is 9.78 Å². The number of fused-ring (bicyclic) bond motifs is 1. The Morgan fingerprint density at radius 1 is 1.53 bits per heavy atom. The number of nitrogen functional groups attached to an aromatic ring is 1. The van der Waals surface area contributed by atoms with Crippen LogP contribution in [-0.2, 0) is 6.54 Å². The van der Waals surface area contributed by atoms with Crippen LogP contribution in [0.15, 0.2) is 4.79 Å². The van der Waals surface area contributed by atoms with Gasteiger partial charge in [0.1, 0.15) is 0 Å². The van der Waals surface area contributed by atoms with Crippen molar-refractivity contribution in [3.8, 4) is 0 Å². The van der Waals surface area contributed by atoms with E-state index in [-0.39, 0.29) is 22.7 Å². The Labute approximate surface area is 86.9 Å². The summed E-state index contributed by atoms with van der Waals surface area (Å²) in [6, 6.07) is 0. The van der Waals surface area contributed by atoms with E-state index in [2.05, 4.69) is 15.0 Å². The summed E-state index contributed by atoms with van der Waals surface area (Å²) in [7, 11) is 5.68. The number of aromatic amines is 1. The number of H-pyrrole nitrogens is 1. The lowest BCUT2D eigenvalue weighted by Crippen LogP contribution is -2.19. The van der Waals surface area contributed by atoms with E-state index >= 15 is 0 Å². The molecule has 2 aromatic rings. The fraction of sp³-hybridized carbons (Fsp3) is 0.375. The molecule has 3 N–H and O–H groups in total. The SMILES string of the molecule is [B]c1nc2c(=O)[nH]c(N)nc2n1CCC. The van der Waals surface area contributed by atoms with E-state index in [1.165, 1.54) is 0 Å². The Morgan fingerprint density at radius 2 is 2.27 bits per heavy atom. The maximum atomic E-state index is 11.5. The van der Waals surface area contributed by atoms with Crippen molar-refractivity contribution < 1.29 is 0 Å². The monoisotopic (exact) mass is 203 g/mol. The molecule has 2 heterocycles. The molecule has 0 fully saturated rings. The molecule has 2 radical (unpaired) electrons. The van der Waals surface area contributed by atoms with Gasteiger partial charge in [-0.15, -0.1) is 0 Å². The molecular weight excluding hydrogens is 193 g/mol. The number of imidazole rings is 1. The van der Waals surface area contributed by atoms with Gasteiger partial charge >= 0.3 is 0 Å². The van der Waals surface area contributed by atoms with Crippen LogP contribution in [0, 0.1) is 0 Å². The van der Waals surface area contributed by atoms with Gasteiger partial charge in [0.05, 0.1) is 5.72 Å². The average molecular weight is 203 g/mol. The number of nitrogens with two attached hydrogens (primary N) is 1. The molecule has 2 aromatic heterocycles. The van der Waals surface area contributed by atoms with Gasteiger partial charge < -0.3 is 10.3 Å². The van der Waals surface area contributed by atoms with Crippen molar-refractivity contribution in [2.75, 3.05) is 5.73 Å². The minimum Gasteiger partial charge on any atom is -0.369 e. The first-order valence-corrected chi connectivity index (χ1v) is 4.65. The van der Waals surface area contributed by atoms with Crippen LogP contribution in [0.1, 0.15) is 13.3 Å². The summed E-state index contributed by atoms with van der Waals surface area (Å²) in [6.45, 7) is 2.67. The maximum Gasteiger partial charge on any atom is 0.280 e. The number of anilines is 1. The molecule has 6 nitrogen and oxygen atoms in total. The lowest BCUT2D eigenvalue weighted by molar-refractivity contribution is 0.708. The van der Waals surface area contributed by atoms with Crippen LogP contribution in [0.25, 0.3) is 11.2 Å². The molecule has 0 amide bonds. The molecule has 0 spiro atoms. The lowest BCUT2D eigenvalue weighted by atomic mass is 10.1. The first kappa shape index (κ1) is 9.76. The quantitative estimate of drug-likeness (QED) is 0.606. The highest BCUT2D eigenvalue weighted by molar-refractivity contribution is 6.30. The highest BCUT2D eigenvalue weighted by atomic mass is 16.1. The van der Waals surface area contributed by atoms with Crippen LogP contribution in [0.5, 0.6) is 0 Å². The number of nitrogens with zero attached hydrogens (tertiary/aromatic N) is 3.